The Morgan fingerprint density at radius 3 is 2.33 bits per heavy atom. The number of hydrogen-bond acceptors (Lipinski definition) is 3. The first-order valence-electron chi connectivity index (χ1n) is 5.79. The molecular formula is C13H11ClF2N2O2S. The van der Waals surface area contributed by atoms with E-state index in [0.717, 1.165) is 12.1 Å². The van der Waals surface area contributed by atoms with Gasteiger partial charge in [-0.3, -0.25) is 0 Å². The molecule has 112 valence electrons. The summed E-state index contributed by atoms with van der Waals surface area (Å²) in [6, 6.07) is 8.07. The number of hydrogen-bond donors (Lipinski definition) is 2. The average molecular weight is 333 g/mol. The zero-order valence-corrected chi connectivity index (χ0v) is 12.2. The van der Waals surface area contributed by atoms with E-state index < -0.39 is 32.2 Å². The van der Waals surface area contributed by atoms with Crippen molar-refractivity contribution in [1.82, 2.24) is 4.72 Å². The molecule has 2 aromatic carbocycles. The van der Waals surface area contributed by atoms with E-state index in [1.807, 2.05) is 0 Å². The lowest BCUT2D eigenvalue weighted by molar-refractivity contribution is 0.548. The molecule has 0 aliphatic carbocycles. The second-order valence-corrected chi connectivity index (χ2v) is 6.40. The van der Waals surface area contributed by atoms with Gasteiger partial charge in [0.1, 0.15) is 16.4 Å². The standard InChI is InChI=1S/C13H11ClF2N2O2S/c14-9-3-1-8(2-4-9)7-18-21(19,20)11-6-5-10(15)13(17)12(11)16/h1-6,18H,7,17H2. The maximum Gasteiger partial charge on any atom is 0.243 e. The van der Waals surface area contributed by atoms with Crippen molar-refractivity contribution in [3.8, 4) is 0 Å². The molecule has 0 radical (unpaired) electrons. The molecule has 0 aliphatic rings. The SMILES string of the molecule is Nc1c(F)ccc(S(=O)(=O)NCc2ccc(Cl)cc2)c1F. The van der Waals surface area contributed by atoms with E-state index in [4.69, 9.17) is 17.3 Å². The van der Waals surface area contributed by atoms with Gasteiger partial charge in [0.05, 0.1) is 0 Å². The largest absolute Gasteiger partial charge is 0.394 e. The lowest BCUT2D eigenvalue weighted by Gasteiger charge is -2.09. The molecule has 8 heteroatoms. The number of nitrogens with two attached hydrogens (primary N) is 1. The molecule has 21 heavy (non-hydrogen) atoms. The van der Waals surface area contributed by atoms with Gasteiger partial charge in [0.2, 0.25) is 10.0 Å². The van der Waals surface area contributed by atoms with Crippen molar-refractivity contribution in [3.63, 3.8) is 0 Å². The van der Waals surface area contributed by atoms with Crippen molar-refractivity contribution in [2.45, 2.75) is 11.4 Å². The van der Waals surface area contributed by atoms with Crippen LogP contribution >= 0.6 is 11.6 Å². The van der Waals surface area contributed by atoms with Crippen LogP contribution < -0.4 is 10.5 Å². The van der Waals surface area contributed by atoms with Gasteiger partial charge in [-0.05, 0) is 29.8 Å². The van der Waals surface area contributed by atoms with Crippen LogP contribution in [0.1, 0.15) is 5.56 Å². The maximum absolute atomic E-state index is 13.7. The molecule has 0 bridgehead atoms. The van der Waals surface area contributed by atoms with Crippen molar-refractivity contribution in [3.05, 3.63) is 58.6 Å². The second kappa shape index (κ2) is 5.97. The highest BCUT2D eigenvalue weighted by molar-refractivity contribution is 7.89. The van der Waals surface area contributed by atoms with Crippen LogP contribution in [0.2, 0.25) is 5.02 Å². The Balaban J connectivity index is 2.23. The summed E-state index contributed by atoms with van der Waals surface area (Å²) in [4.78, 5) is -0.699. The molecule has 0 heterocycles. The number of rotatable bonds is 4. The van der Waals surface area contributed by atoms with Crippen LogP contribution in [0.15, 0.2) is 41.3 Å². The zero-order valence-electron chi connectivity index (χ0n) is 10.6. The quantitative estimate of drug-likeness (QED) is 0.845. The van der Waals surface area contributed by atoms with Crippen LogP contribution in [-0.4, -0.2) is 8.42 Å². The summed E-state index contributed by atoms with van der Waals surface area (Å²) in [6.07, 6.45) is 0. The minimum absolute atomic E-state index is 0.0593. The Morgan fingerprint density at radius 1 is 1.10 bits per heavy atom. The lowest BCUT2D eigenvalue weighted by atomic mass is 10.2. The van der Waals surface area contributed by atoms with Gasteiger partial charge in [-0.2, -0.15) is 0 Å². The first-order chi connectivity index (χ1) is 9.81. The molecule has 4 nitrogen and oxygen atoms in total. The van der Waals surface area contributed by atoms with E-state index >= 15 is 0 Å². The molecule has 0 fully saturated rings. The van der Waals surface area contributed by atoms with Crippen LogP contribution in [0.25, 0.3) is 0 Å². The van der Waals surface area contributed by atoms with Gasteiger partial charge in [0, 0.05) is 11.6 Å². The van der Waals surface area contributed by atoms with Crippen LogP contribution in [0.4, 0.5) is 14.5 Å². The molecule has 0 spiro atoms. The van der Waals surface area contributed by atoms with Gasteiger partial charge in [-0.25, -0.2) is 21.9 Å². The summed E-state index contributed by atoms with van der Waals surface area (Å²) in [5.74, 6) is -2.32. The second-order valence-electron chi connectivity index (χ2n) is 4.22. The Kier molecular flexibility index (Phi) is 4.46. The minimum atomic E-state index is -4.14. The highest BCUT2D eigenvalue weighted by atomic mass is 35.5. The Labute approximate surface area is 125 Å². The average Bonchev–Trinajstić information content (AvgIpc) is 2.44. The third-order valence-corrected chi connectivity index (χ3v) is 4.43. The first-order valence-corrected chi connectivity index (χ1v) is 7.65. The molecular weight excluding hydrogens is 322 g/mol. The normalized spacial score (nSPS) is 11.6. The zero-order chi connectivity index (χ0) is 15.6. The van der Waals surface area contributed by atoms with E-state index in [1.165, 1.54) is 0 Å². The monoisotopic (exact) mass is 332 g/mol. The van der Waals surface area contributed by atoms with Gasteiger partial charge < -0.3 is 5.73 Å². The first kappa shape index (κ1) is 15.7. The number of sulfonamides is 1. The maximum atomic E-state index is 13.7. The topological polar surface area (TPSA) is 72.2 Å². The molecule has 0 aliphatic heterocycles. The fraction of sp³-hybridized carbons (Fsp3) is 0.0769. The predicted molar refractivity (Wildman–Crippen MR) is 76.2 cm³/mol. The van der Waals surface area contributed by atoms with E-state index in [9.17, 15) is 17.2 Å². The number of halogens is 3. The van der Waals surface area contributed by atoms with Crippen LogP contribution in [0.3, 0.4) is 0 Å². The molecule has 0 aromatic heterocycles. The van der Waals surface area contributed by atoms with Crippen LogP contribution in [0.5, 0.6) is 0 Å². The predicted octanol–water partition coefficient (Wildman–Crippen LogP) is 2.68. The molecule has 0 saturated heterocycles. The van der Waals surface area contributed by atoms with Gasteiger partial charge >= 0.3 is 0 Å². The van der Waals surface area contributed by atoms with E-state index in [1.54, 1.807) is 24.3 Å². The summed E-state index contributed by atoms with van der Waals surface area (Å²) in [5.41, 5.74) is 4.95. The molecule has 0 atom stereocenters. The summed E-state index contributed by atoms with van der Waals surface area (Å²) in [6.45, 7) is -0.0593. The molecule has 0 unspecified atom stereocenters. The minimum Gasteiger partial charge on any atom is -0.394 e. The third kappa shape index (κ3) is 3.49. The van der Waals surface area contributed by atoms with Crippen molar-refractivity contribution in [1.29, 1.82) is 0 Å². The summed E-state index contributed by atoms with van der Waals surface area (Å²) in [5, 5.41) is 0.513. The van der Waals surface area contributed by atoms with Crippen molar-refractivity contribution in [2.75, 3.05) is 5.73 Å². The van der Waals surface area contributed by atoms with Crippen LogP contribution in [-0.2, 0) is 16.6 Å². The number of benzene rings is 2. The van der Waals surface area contributed by atoms with E-state index in [-0.39, 0.29) is 6.54 Å². The van der Waals surface area contributed by atoms with Gasteiger partial charge in [0.25, 0.3) is 0 Å². The molecule has 0 amide bonds. The Morgan fingerprint density at radius 2 is 1.71 bits per heavy atom. The number of nitrogen functional groups attached to an aromatic ring is 1. The number of anilines is 1. The Bertz CT molecular complexity index is 764. The smallest absolute Gasteiger partial charge is 0.243 e. The van der Waals surface area contributed by atoms with Gasteiger partial charge in [-0.1, -0.05) is 23.7 Å². The molecule has 2 rings (SSSR count). The van der Waals surface area contributed by atoms with Crippen molar-refractivity contribution < 1.29 is 17.2 Å². The van der Waals surface area contributed by atoms with Crippen molar-refractivity contribution >= 4 is 27.3 Å². The fourth-order valence-corrected chi connectivity index (χ4v) is 2.85. The van der Waals surface area contributed by atoms with Gasteiger partial charge in [-0.15, -0.1) is 0 Å². The van der Waals surface area contributed by atoms with Crippen LogP contribution in [0, 0.1) is 11.6 Å². The fourth-order valence-electron chi connectivity index (χ4n) is 1.62. The van der Waals surface area contributed by atoms with Crippen molar-refractivity contribution in [2.24, 2.45) is 0 Å². The summed E-state index contributed by atoms with van der Waals surface area (Å²) >= 11 is 5.71. The number of nitrogens with one attached hydrogen (secondary N) is 1. The van der Waals surface area contributed by atoms with Gasteiger partial charge in [0.15, 0.2) is 5.82 Å². The third-order valence-electron chi connectivity index (χ3n) is 2.76. The molecule has 2 aromatic rings. The Hall–Kier alpha value is -1.70. The summed E-state index contributed by atoms with van der Waals surface area (Å²) in [7, 11) is -4.14. The lowest BCUT2D eigenvalue weighted by Crippen LogP contribution is -2.24. The van der Waals surface area contributed by atoms with E-state index in [0.29, 0.717) is 10.6 Å². The highest BCUT2D eigenvalue weighted by Gasteiger charge is 2.22. The highest BCUT2D eigenvalue weighted by Crippen LogP contribution is 2.22. The van der Waals surface area contributed by atoms with E-state index in [2.05, 4.69) is 4.72 Å². The molecule has 0 saturated carbocycles. The summed E-state index contributed by atoms with van der Waals surface area (Å²) < 4.78 is 53.0. The molecule has 3 N–H and O–H groups in total.